The van der Waals surface area contributed by atoms with Crippen LogP contribution < -0.4 is 11.1 Å². The topological polar surface area (TPSA) is 55.1 Å². The zero-order valence-electron chi connectivity index (χ0n) is 9.07. The fourth-order valence-corrected chi connectivity index (χ4v) is 2.76. The van der Waals surface area contributed by atoms with Crippen molar-refractivity contribution >= 4 is 35.3 Å². The van der Waals surface area contributed by atoms with E-state index in [4.69, 9.17) is 5.73 Å². The predicted octanol–water partition coefficient (Wildman–Crippen LogP) is 2.63. The molecule has 0 atom stereocenters. The molecule has 0 spiro atoms. The van der Waals surface area contributed by atoms with E-state index in [1.54, 1.807) is 11.3 Å². The molecule has 1 aliphatic rings. The molecule has 1 aliphatic carbocycles. The van der Waals surface area contributed by atoms with Gasteiger partial charge in [0.15, 0.2) is 0 Å². The van der Waals surface area contributed by atoms with Gasteiger partial charge in [0.2, 0.25) is 5.91 Å². The van der Waals surface area contributed by atoms with Crippen LogP contribution in [0.5, 0.6) is 0 Å². The van der Waals surface area contributed by atoms with Crippen LogP contribution in [0, 0.1) is 5.41 Å². The summed E-state index contributed by atoms with van der Waals surface area (Å²) >= 11 is 1.58. The largest absolute Gasteiger partial charge is 0.329 e. The van der Waals surface area contributed by atoms with E-state index in [1.807, 2.05) is 16.8 Å². The Morgan fingerprint density at radius 1 is 1.50 bits per heavy atom. The first-order chi connectivity index (χ1) is 7.27. The summed E-state index contributed by atoms with van der Waals surface area (Å²) in [6, 6.07) is 1.92. The van der Waals surface area contributed by atoms with Gasteiger partial charge in [-0.1, -0.05) is 12.8 Å². The second-order valence-electron chi connectivity index (χ2n) is 4.16. The Morgan fingerprint density at radius 2 is 2.19 bits per heavy atom. The van der Waals surface area contributed by atoms with Crippen LogP contribution in [-0.4, -0.2) is 12.5 Å². The summed E-state index contributed by atoms with van der Waals surface area (Å²) in [5, 5.41) is 6.85. The number of anilines is 1. The number of amides is 1. The number of thiophene rings is 1. The van der Waals surface area contributed by atoms with Gasteiger partial charge in [0, 0.05) is 11.9 Å². The van der Waals surface area contributed by atoms with Gasteiger partial charge in [0.05, 0.1) is 11.1 Å². The Bertz CT molecular complexity index is 334. The average Bonchev–Trinajstić information content (AvgIpc) is 2.87. The predicted molar refractivity (Wildman–Crippen MR) is 70.2 cm³/mol. The summed E-state index contributed by atoms with van der Waals surface area (Å²) in [6.07, 6.45) is 4.10. The molecule has 90 valence electrons. The van der Waals surface area contributed by atoms with Gasteiger partial charge in [-0.2, -0.15) is 11.3 Å². The third-order valence-corrected chi connectivity index (χ3v) is 3.90. The first-order valence-electron chi connectivity index (χ1n) is 5.31. The second-order valence-corrected chi connectivity index (χ2v) is 4.94. The Morgan fingerprint density at radius 3 is 2.69 bits per heavy atom. The van der Waals surface area contributed by atoms with Crippen LogP contribution in [0.4, 0.5) is 5.69 Å². The van der Waals surface area contributed by atoms with Crippen molar-refractivity contribution in [2.45, 2.75) is 25.7 Å². The van der Waals surface area contributed by atoms with Gasteiger partial charge in [-0.15, -0.1) is 12.4 Å². The number of hydrogen-bond acceptors (Lipinski definition) is 3. The fourth-order valence-electron chi connectivity index (χ4n) is 2.17. The molecule has 1 heterocycles. The van der Waals surface area contributed by atoms with Gasteiger partial charge in [0.25, 0.3) is 0 Å². The van der Waals surface area contributed by atoms with Crippen LogP contribution in [-0.2, 0) is 4.79 Å². The minimum Gasteiger partial charge on any atom is -0.329 e. The third kappa shape index (κ3) is 2.56. The summed E-state index contributed by atoms with van der Waals surface area (Å²) in [5.74, 6) is 0.0981. The Kier molecular flexibility index (Phi) is 4.77. The standard InChI is InChI=1S/C11H16N2OS.ClH/c12-8-11(4-1-2-5-11)10(14)13-9-3-6-15-7-9;/h3,6-7H,1-2,4-5,8,12H2,(H,13,14);1H. The highest BCUT2D eigenvalue weighted by Crippen LogP contribution is 2.38. The first-order valence-corrected chi connectivity index (χ1v) is 6.25. The molecule has 0 bridgehead atoms. The number of carbonyl (C=O) groups excluding carboxylic acids is 1. The molecule has 0 radical (unpaired) electrons. The van der Waals surface area contributed by atoms with Crippen molar-refractivity contribution in [3.8, 4) is 0 Å². The Labute approximate surface area is 106 Å². The smallest absolute Gasteiger partial charge is 0.231 e. The monoisotopic (exact) mass is 260 g/mol. The zero-order valence-corrected chi connectivity index (χ0v) is 10.7. The number of nitrogens with one attached hydrogen (secondary N) is 1. The second kappa shape index (κ2) is 5.66. The summed E-state index contributed by atoms with van der Waals surface area (Å²) in [4.78, 5) is 12.1. The number of nitrogens with two attached hydrogens (primary N) is 1. The van der Waals surface area contributed by atoms with E-state index in [-0.39, 0.29) is 23.7 Å². The lowest BCUT2D eigenvalue weighted by atomic mass is 9.85. The van der Waals surface area contributed by atoms with Gasteiger partial charge in [-0.25, -0.2) is 0 Å². The number of hydrogen-bond donors (Lipinski definition) is 2. The number of halogens is 1. The average molecular weight is 261 g/mol. The summed E-state index contributed by atoms with van der Waals surface area (Å²) in [7, 11) is 0. The zero-order chi connectivity index (χ0) is 10.7. The normalized spacial score (nSPS) is 17.8. The molecular weight excluding hydrogens is 244 g/mol. The molecule has 3 N–H and O–H groups in total. The van der Waals surface area contributed by atoms with Crippen molar-refractivity contribution in [3.63, 3.8) is 0 Å². The molecule has 1 amide bonds. The SMILES string of the molecule is Cl.NCC1(C(=O)Nc2ccsc2)CCCC1. The van der Waals surface area contributed by atoms with Gasteiger partial charge >= 0.3 is 0 Å². The van der Waals surface area contributed by atoms with Crippen molar-refractivity contribution in [1.82, 2.24) is 0 Å². The molecule has 3 nitrogen and oxygen atoms in total. The molecule has 1 saturated carbocycles. The van der Waals surface area contributed by atoms with Crippen molar-refractivity contribution in [1.29, 1.82) is 0 Å². The molecule has 1 fully saturated rings. The lowest BCUT2D eigenvalue weighted by Gasteiger charge is -2.25. The lowest BCUT2D eigenvalue weighted by molar-refractivity contribution is -0.124. The molecule has 5 heteroatoms. The van der Waals surface area contributed by atoms with Crippen LogP contribution in [0.2, 0.25) is 0 Å². The molecule has 1 aromatic heterocycles. The molecule has 2 rings (SSSR count). The van der Waals surface area contributed by atoms with Crippen molar-refractivity contribution < 1.29 is 4.79 Å². The van der Waals surface area contributed by atoms with E-state index in [0.717, 1.165) is 31.4 Å². The quantitative estimate of drug-likeness (QED) is 0.878. The lowest BCUT2D eigenvalue weighted by Crippen LogP contribution is -2.40. The number of carbonyl (C=O) groups is 1. The van der Waals surface area contributed by atoms with E-state index in [9.17, 15) is 4.79 Å². The summed E-state index contributed by atoms with van der Waals surface area (Å²) in [5.41, 5.74) is 6.33. The van der Waals surface area contributed by atoms with Gasteiger partial charge in [-0.05, 0) is 24.3 Å². The Hall–Kier alpha value is -0.580. The van der Waals surface area contributed by atoms with Crippen molar-refractivity contribution in [2.75, 3.05) is 11.9 Å². The van der Waals surface area contributed by atoms with Crippen LogP contribution in [0.15, 0.2) is 16.8 Å². The van der Waals surface area contributed by atoms with E-state index in [1.165, 1.54) is 0 Å². The summed E-state index contributed by atoms with van der Waals surface area (Å²) < 4.78 is 0. The van der Waals surface area contributed by atoms with Gasteiger partial charge in [0.1, 0.15) is 0 Å². The molecular formula is C11H17ClN2OS. The minimum atomic E-state index is -0.304. The van der Waals surface area contributed by atoms with Gasteiger partial charge < -0.3 is 11.1 Å². The molecule has 0 saturated heterocycles. The molecule has 1 aromatic rings. The fraction of sp³-hybridized carbons (Fsp3) is 0.545. The third-order valence-electron chi connectivity index (χ3n) is 3.21. The van der Waals surface area contributed by atoms with Crippen LogP contribution in [0.25, 0.3) is 0 Å². The van der Waals surface area contributed by atoms with E-state index >= 15 is 0 Å². The molecule has 0 aliphatic heterocycles. The minimum absolute atomic E-state index is 0. The van der Waals surface area contributed by atoms with Crippen molar-refractivity contribution in [3.05, 3.63) is 16.8 Å². The Balaban J connectivity index is 0.00000128. The number of rotatable bonds is 3. The van der Waals surface area contributed by atoms with E-state index < -0.39 is 0 Å². The molecule has 16 heavy (non-hydrogen) atoms. The highest BCUT2D eigenvalue weighted by Gasteiger charge is 2.39. The van der Waals surface area contributed by atoms with Gasteiger partial charge in [-0.3, -0.25) is 4.79 Å². The maximum Gasteiger partial charge on any atom is 0.231 e. The van der Waals surface area contributed by atoms with E-state index in [0.29, 0.717) is 6.54 Å². The summed E-state index contributed by atoms with van der Waals surface area (Å²) in [6.45, 7) is 0.461. The molecule has 0 unspecified atom stereocenters. The maximum absolute atomic E-state index is 12.1. The highest BCUT2D eigenvalue weighted by atomic mass is 35.5. The van der Waals surface area contributed by atoms with Crippen LogP contribution in [0.3, 0.4) is 0 Å². The first kappa shape index (κ1) is 13.5. The van der Waals surface area contributed by atoms with E-state index in [2.05, 4.69) is 5.32 Å². The van der Waals surface area contributed by atoms with Crippen LogP contribution >= 0.6 is 23.7 Å². The highest BCUT2D eigenvalue weighted by molar-refractivity contribution is 7.08. The maximum atomic E-state index is 12.1. The van der Waals surface area contributed by atoms with Crippen LogP contribution in [0.1, 0.15) is 25.7 Å². The van der Waals surface area contributed by atoms with Crippen molar-refractivity contribution in [2.24, 2.45) is 11.1 Å². The molecule has 0 aromatic carbocycles.